The second-order valence-corrected chi connectivity index (χ2v) is 6.76. The molecule has 22 heavy (non-hydrogen) atoms. The van der Waals surface area contributed by atoms with Crippen molar-refractivity contribution in [3.8, 4) is 5.75 Å². The number of rotatable bonds is 8. The van der Waals surface area contributed by atoms with Gasteiger partial charge in [0.05, 0.1) is 18.8 Å². The lowest BCUT2D eigenvalue weighted by Gasteiger charge is -2.23. The lowest BCUT2D eigenvalue weighted by Crippen LogP contribution is -2.10. The van der Waals surface area contributed by atoms with E-state index in [0.29, 0.717) is 18.1 Å². The van der Waals surface area contributed by atoms with Gasteiger partial charge in [-0.25, -0.2) is 0 Å². The van der Waals surface area contributed by atoms with Gasteiger partial charge in [0.2, 0.25) is 0 Å². The molecule has 1 saturated heterocycles. The molecular weight excluding hydrogens is 296 g/mol. The summed E-state index contributed by atoms with van der Waals surface area (Å²) in [5.74, 6) is 1.50. The summed E-state index contributed by atoms with van der Waals surface area (Å²) in [6.07, 6.45) is 5.13. The zero-order valence-corrected chi connectivity index (χ0v) is 15.3. The van der Waals surface area contributed by atoms with E-state index in [1.165, 1.54) is 11.1 Å². The van der Waals surface area contributed by atoms with E-state index in [1.807, 2.05) is 6.07 Å². The van der Waals surface area contributed by atoms with Crippen LogP contribution in [0.3, 0.4) is 0 Å². The summed E-state index contributed by atoms with van der Waals surface area (Å²) in [5.41, 5.74) is 3.60. The molecule has 0 spiro atoms. The van der Waals surface area contributed by atoms with E-state index in [2.05, 4.69) is 34.6 Å². The standard InChI is InChI=1S/C19H29ClO2/c1-6-9-21-19-12(4)10-15(20)13(5)18(19)14(7-2)11-17-16(8-3)22-17/h10,14,16-17H,6-9,11H2,1-5H3. The van der Waals surface area contributed by atoms with Crippen LogP contribution >= 0.6 is 11.6 Å². The van der Waals surface area contributed by atoms with Crippen LogP contribution in [0.2, 0.25) is 5.02 Å². The maximum atomic E-state index is 6.45. The Balaban J connectivity index is 2.32. The van der Waals surface area contributed by atoms with Crippen molar-refractivity contribution in [3.05, 3.63) is 27.8 Å². The molecule has 0 aromatic heterocycles. The largest absolute Gasteiger partial charge is 0.493 e. The number of aryl methyl sites for hydroxylation is 1. The van der Waals surface area contributed by atoms with Gasteiger partial charge in [-0.1, -0.05) is 32.4 Å². The van der Waals surface area contributed by atoms with E-state index >= 15 is 0 Å². The molecule has 0 radical (unpaired) electrons. The molecule has 0 amide bonds. The zero-order valence-electron chi connectivity index (χ0n) is 14.5. The third-order valence-electron chi connectivity index (χ3n) is 4.67. The summed E-state index contributed by atoms with van der Waals surface area (Å²) < 4.78 is 11.9. The quantitative estimate of drug-likeness (QED) is 0.563. The van der Waals surface area contributed by atoms with Gasteiger partial charge in [0.25, 0.3) is 0 Å². The van der Waals surface area contributed by atoms with Crippen molar-refractivity contribution in [2.75, 3.05) is 6.61 Å². The maximum absolute atomic E-state index is 6.45. The van der Waals surface area contributed by atoms with Gasteiger partial charge in [-0.05, 0) is 62.6 Å². The first kappa shape index (κ1) is 17.6. The van der Waals surface area contributed by atoms with Gasteiger partial charge >= 0.3 is 0 Å². The van der Waals surface area contributed by atoms with Crippen LogP contribution in [0.25, 0.3) is 0 Å². The van der Waals surface area contributed by atoms with E-state index in [1.54, 1.807) is 0 Å². The molecule has 1 aliphatic rings. The molecule has 0 aliphatic carbocycles. The van der Waals surface area contributed by atoms with Crippen LogP contribution in [0.4, 0.5) is 0 Å². The second-order valence-electron chi connectivity index (χ2n) is 6.35. The van der Waals surface area contributed by atoms with Crippen LogP contribution in [0.15, 0.2) is 6.07 Å². The average molecular weight is 325 g/mol. The summed E-state index contributed by atoms with van der Waals surface area (Å²) in [6.45, 7) is 11.5. The van der Waals surface area contributed by atoms with Crippen LogP contribution in [0.1, 0.15) is 69.1 Å². The number of epoxide rings is 1. The van der Waals surface area contributed by atoms with Crippen molar-refractivity contribution >= 4 is 11.6 Å². The SMILES string of the molecule is CCCOc1c(C)cc(Cl)c(C)c1C(CC)CC1OC1CC. The van der Waals surface area contributed by atoms with Gasteiger partial charge in [0.15, 0.2) is 0 Å². The van der Waals surface area contributed by atoms with Crippen LogP contribution in [0.5, 0.6) is 5.75 Å². The minimum atomic E-state index is 0.410. The minimum Gasteiger partial charge on any atom is -0.493 e. The summed E-state index contributed by atoms with van der Waals surface area (Å²) in [6, 6.07) is 2.03. The molecule has 1 fully saturated rings. The highest BCUT2D eigenvalue weighted by atomic mass is 35.5. The van der Waals surface area contributed by atoms with Gasteiger partial charge in [0, 0.05) is 10.6 Å². The Morgan fingerprint density at radius 3 is 2.50 bits per heavy atom. The molecule has 3 atom stereocenters. The lowest BCUT2D eigenvalue weighted by molar-refractivity contribution is 0.305. The molecule has 124 valence electrons. The van der Waals surface area contributed by atoms with Crippen LogP contribution in [-0.2, 0) is 4.74 Å². The molecule has 2 rings (SSSR count). The highest BCUT2D eigenvalue weighted by Crippen LogP contribution is 2.43. The fraction of sp³-hybridized carbons (Fsp3) is 0.684. The Bertz CT molecular complexity index is 513. The molecular formula is C19H29ClO2. The predicted molar refractivity (Wildman–Crippen MR) is 93.3 cm³/mol. The molecule has 0 bridgehead atoms. The molecule has 2 nitrogen and oxygen atoms in total. The summed E-state index contributed by atoms with van der Waals surface area (Å²) in [7, 11) is 0. The molecule has 1 heterocycles. The Morgan fingerprint density at radius 1 is 1.23 bits per heavy atom. The first-order chi connectivity index (χ1) is 10.5. The highest BCUT2D eigenvalue weighted by Gasteiger charge is 2.39. The average Bonchev–Trinajstić information content (AvgIpc) is 3.26. The van der Waals surface area contributed by atoms with E-state index in [-0.39, 0.29) is 0 Å². The number of hydrogen-bond donors (Lipinski definition) is 0. The first-order valence-corrected chi connectivity index (χ1v) is 8.98. The fourth-order valence-electron chi connectivity index (χ4n) is 3.28. The molecule has 0 N–H and O–H groups in total. The van der Waals surface area contributed by atoms with Crippen LogP contribution in [0, 0.1) is 13.8 Å². The molecule has 0 saturated carbocycles. The van der Waals surface area contributed by atoms with Crippen molar-refractivity contribution in [1.29, 1.82) is 0 Å². The predicted octanol–water partition coefficient (Wildman–Crippen LogP) is 5.81. The van der Waals surface area contributed by atoms with E-state index in [9.17, 15) is 0 Å². The Morgan fingerprint density at radius 2 is 1.95 bits per heavy atom. The highest BCUT2D eigenvalue weighted by molar-refractivity contribution is 6.31. The number of halogens is 1. The zero-order chi connectivity index (χ0) is 16.3. The Hall–Kier alpha value is -0.730. The minimum absolute atomic E-state index is 0.410. The molecule has 1 aromatic rings. The van der Waals surface area contributed by atoms with Crippen molar-refractivity contribution in [2.45, 2.75) is 78.4 Å². The van der Waals surface area contributed by atoms with Crippen molar-refractivity contribution in [2.24, 2.45) is 0 Å². The van der Waals surface area contributed by atoms with Crippen LogP contribution in [-0.4, -0.2) is 18.8 Å². The van der Waals surface area contributed by atoms with Gasteiger partial charge < -0.3 is 9.47 Å². The summed E-state index contributed by atoms with van der Waals surface area (Å²) in [5, 5.41) is 0.846. The number of ether oxygens (including phenoxy) is 2. The van der Waals surface area contributed by atoms with Crippen molar-refractivity contribution < 1.29 is 9.47 Å². The Kier molecular flexibility index (Phi) is 6.17. The number of benzene rings is 1. The van der Waals surface area contributed by atoms with E-state index < -0.39 is 0 Å². The normalized spacial score (nSPS) is 21.7. The summed E-state index contributed by atoms with van der Waals surface area (Å²) >= 11 is 6.45. The van der Waals surface area contributed by atoms with E-state index in [4.69, 9.17) is 21.1 Å². The third-order valence-corrected chi connectivity index (χ3v) is 5.06. The topological polar surface area (TPSA) is 21.8 Å². The monoisotopic (exact) mass is 324 g/mol. The molecule has 1 aromatic carbocycles. The molecule has 3 unspecified atom stereocenters. The van der Waals surface area contributed by atoms with Gasteiger partial charge in [-0.15, -0.1) is 0 Å². The van der Waals surface area contributed by atoms with E-state index in [0.717, 1.165) is 48.6 Å². The van der Waals surface area contributed by atoms with Crippen molar-refractivity contribution in [3.63, 3.8) is 0 Å². The smallest absolute Gasteiger partial charge is 0.126 e. The maximum Gasteiger partial charge on any atom is 0.126 e. The lowest BCUT2D eigenvalue weighted by atomic mass is 9.86. The first-order valence-electron chi connectivity index (χ1n) is 8.61. The molecule has 3 heteroatoms. The number of hydrogen-bond acceptors (Lipinski definition) is 2. The Labute approximate surface area is 140 Å². The van der Waals surface area contributed by atoms with Gasteiger partial charge in [0.1, 0.15) is 5.75 Å². The van der Waals surface area contributed by atoms with Gasteiger partial charge in [-0.3, -0.25) is 0 Å². The van der Waals surface area contributed by atoms with Gasteiger partial charge in [-0.2, -0.15) is 0 Å². The molecule has 1 aliphatic heterocycles. The van der Waals surface area contributed by atoms with Crippen molar-refractivity contribution in [1.82, 2.24) is 0 Å². The second kappa shape index (κ2) is 7.70. The fourth-order valence-corrected chi connectivity index (χ4v) is 3.54. The third kappa shape index (κ3) is 3.78. The van der Waals surface area contributed by atoms with Crippen LogP contribution < -0.4 is 4.74 Å². The summed E-state index contributed by atoms with van der Waals surface area (Å²) in [4.78, 5) is 0.